The number of fused-ring (bicyclic) bond motifs is 1. The van der Waals surface area contributed by atoms with E-state index in [0.29, 0.717) is 5.82 Å². The van der Waals surface area contributed by atoms with Crippen molar-refractivity contribution in [2.24, 2.45) is 0 Å². The second-order valence-corrected chi connectivity index (χ2v) is 9.09. The van der Waals surface area contributed by atoms with E-state index in [1.165, 1.54) is 11.1 Å². The highest BCUT2D eigenvalue weighted by molar-refractivity contribution is 9.10. The van der Waals surface area contributed by atoms with Crippen LogP contribution in [0.4, 0.5) is 11.6 Å². The Labute approximate surface area is 190 Å². The average molecular weight is 483 g/mol. The van der Waals surface area contributed by atoms with Gasteiger partial charge in [-0.25, -0.2) is 15.0 Å². The minimum atomic E-state index is 0.00510. The molecule has 1 saturated heterocycles. The predicted octanol–water partition coefficient (Wildman–Crippen LogP) is 4.29. The minimum Gasteiger partial charge on any atom is -0.363 e. The van der Waals surface area contributed by atoms with Gasteiger partial charge in [0.25, 0.3) is 0 Å². The molecule has 4 rings (SSSR count). The first-order valence-electron chi connectivity index (χ1n) is 10.5. The molecule has 0 unspecified atom stereocenters. The summed E-state index contributed by atoms with van der Waals surface area (Å²) in [5, 5.41) is 7.53. The number of aromatic nitrogens is 3. The number of nitrogens with one attached hydrogen (secondary N) is 2. The van der Waals surface area contributed by atoms with Gasteiger partial charge in [0.15, 0.2) is 0 Å². The fraction of sp³-hybridized carbons (Fsp3) is 0.391. The molecule has 0 radical (unpaired) electrons. The summed E-state index contributed by atoms with van der Waals surface area (Å²) in [5.41, 5.74) is 3.25. The molecule has 0 spiro atoms. The van der Waals surface area contributed by atoms with Gasteiger partial charge in [-0.15, -0.1) is 0 Å². The van der Waals surface area contributed by atoms with Crippen LogP contribution in [-0.4, -0.2) is 40.0 Å². The zero-order chi connectivity index (χ0) is 22.1. The zero-order valence-corrected chi connectivity index (χ0v) is 19.8. The smallest absolute Gasteiger partial charge is 0.217 e. The molecule has 0 aliphatic carbocycles. The molecular formula is C23H27BrN6O. The molecule has 1 aliphatic heterocycles. The maximum Gasteiger partial charge on any atom is 0.217 e. The van der Waals surface area contributed by atoms with E-state index in [4.69, 9.17) is 4.98 Å². The number of aryl methyl sites for hydroxylation is 2. The van der Waals surface area contributed by atoms with E-state index in [9.17, 15) is 4.79 Å². The van der Waals surface area contributed by atoms with Crippen molar-refractivity contribution >= 4 is 44.4 Å². The Balaban J connectivity index is 1.65. The zero-order valence-electron chi connectivity index (χ0n) is 18.2. The van der Waals surface area contributed by atoms with Crippen molar-refractivity contribution in [1.82, 2.24) is 20.3 Å². The van der Waals surface area contributed by atoms with E-state index in [2.05, 4.69) is 73.5 Å². The van der Waals surface area contributed by atoms with Crippen LogP contribution in [0.2, 0.25) is 0 Å². The fourth-order valence-corrected chi connectivity index (χ4v) is 4.53. The van der Waals surface area contributed by atoms with Gasteiger partial charge in [-0.3, -0.25) is 4.79 Å². The van der Waals surface area contributed by atoms with Gasteiger partial charge in [-0.1, -0.05) is 22.0 Å². The van der Waals surface area contributed by atoms with E-state index in [-0.39, 0.29) is 18.0 Å². The lowest BCUT2D eigenvalue weighted by atomic mass is 10.0. The van der Waals surface area contributed by atoms with Crippen molar-refractivity contribution in [2.45, 2.75) is 46.2 Å². The molecule has 0 bridgehead atoms. The Kier molecular flexibility index (Phi) is 6.09. The third kappa shape index (κ3) is 4.79. The van der Waals surface area contributed by atoms with Gasteiger partial charge < -0.3 is 15.5 Å². The van der Waals surface area contributed by atoms with Gasteiger partial charge in [-0.2, -0.15) is 0 Å². The Hall–Kier alpha value is -2.74. The molecule has 1 fully saturated rings. The number of hydrogen-bond acceptors (Lipinski definition) is 6. The second-order valence-electron chi connectivity index (χ2n) is 8.18. The number of hydrogen-bond donors (Lipinski definition) is 2. The van der Waals surface area contributed by atoms with Crippen molar-refractivity contribution in [3.05, 3.63) is 51.9 Å². The van der Waals surface area contributed by atoms with E-state index >= 15 is 0 Å². The molecule has 2 aromatic heterocycles. The van der Waals surface area contributed by atoms with Crippen molar-refractivity contribution in [3.63, 3.8) is 0 Å². The van der Waals surface area contributed by atoms with Crippen LogP contribution in [0.5, 0.6) is 0 Å². The summed E-state index contributed by atoms with van der Waals surface area (Å²) >= 11 is 3.57. The number of benzene rings is 1. The first-order valence-corrected chi connectivity index (χ1v) is 11.3. The SMILES string of the molecule is CC(=O)N[C@@H]1CCN(c2cc3c(N[C@H](C)c4cc(Br)ccc4C)nc(C)nc3cn2)C1. The van der Waals surface area contributed by atoms with Crippen molar-refractivity contribution in [3.8, 4) is 0 Å². The predicted molar refractivity (Wildman–Crippen MR) is 127 cm³/mol. The Morgan fingerprint density at radius 2 is 2.06 bits per heavy atom. The van der Waals surface area contributed by atoms with Crippen LogP contribution in [0.25, 0.3) is 10.9 Å². The van der Waals surface area contributed by atoms with Gasteiger partial charge in [0.2, 0.25) is 5.91 Å². The number of carbonyl (C=O) groups is 1. The molecule has 162 valence electrons. The van der Waals surface area contributed by atoms with Gasteiger partial charge in [0, 0.05) is 35.9 Å². The summed E-state index contributed by atoms with van der Waals surface area (Å²) in [7, 11) is 0. The number of anilines is 2. The van der Waals surface area contributed by atoms with E-state index in [0.717, 1.165) is 46.5 Å². The molecule has 1 aromatic carbocycles. The standard InChI is InChI=1S/C23H27BrN6O/c1-13-5-6-17(24)9-19(13)14(2)26-23-20-10-22(25-11-21(20)27-15(3)28-23)30-8-7-18(12-30)29-16(4)31/h5-6,9-11,14,18H,7-8,12H2,1-4H3,(H,29,31)(H,26,27,28)/t14-,18-/m1/s1. The Morgan fingerprint density at radius 3 is 2.84 bits per heavy atom. The Bertz CT molecular complexity index is 1130. The lowest BCUT2D eigenvalue weighted by molar-refractivity contribution is -0.119. The highest BCUT2D eigenvalue weighted by Crippen LogP contribution is 2.30. The molecule has 0 saturated carbocycles. The highest BCUT2D eigenvalue weighted by Gasteiger charge is 2.24. The summed E-state index contributed by atoms with van der Waals surface area (Å²) in [6.07, 6.45) is 2.72. The summed E-state index contributed by atoms with van der Waals surface area (Å²) in [6.45, 7) is 9.31. The van der Waals surface area contributed by atoms with Crippen molar-refractivity contribution in [2.75, 3.05) is 23.3 Å². The number of nitrogens with zero attached hydrogens (tertiary/aromatic N) is 4. The van der Waals surface area contributed by atoms with Crippen LogP contribution >= 0.6 is 15.9 Å². The molecule has 31 heavy (non-hydrogen) atoms. The molecule has 8 heteroatoms. The molecule has 1 amide bonds. The number of carbonyl (C=O) groups excluding carboxylic acids is 1. The quantitative estimate of drug-likeness (QED) is 0.564. The van der Waals surface area contributed by atoms with E-state index in [1.807, 2.05) is 19.2 Å². The number of rotatable bonds is 5. The normalized spacial score (nSPS) is 17.1. The van der Waals surface area contributed by atoms with Crippen LogP contribution in [-0.2, 0) is 4.79 Å². The molecule has 3 heterocycles. The average Bonchev–Trinajstić information content (AvgIpc) is 3.17. The van der Waals surface area contributed by atoms with Gasteiger partial charge in [0.1, 0.15) is 17.5 Å². The summed E-state index contributed by atoms with van der Waals surface area (Å²) in [6, 6.07) is 8.58. The van der Waals surface area contributed by atoms with Crippen LogP contribution in [0, 0.1) is 13.8 Å². The number of amides is 1. The number of pyridine rings is 1. The largest absolute Gasteiger partial charge is 0.363 e. The maximum atomic E-state index is 11.4. The van der Waals surface area contributed by atoms with Gasteiger partial charge in [-0.05, 0) is 56.5 Å². The second kappa shape index (κ2) is 8.78. The lowest BCUT2D eigenvalue weighted by Gasteiger charge is -2.21. The third-order valence-electron chi connectivity index (χ3n) is 5.66. The summed E-state index contributed by atoms with van der Waals surface area (Å²) < 4.78 is 1.06. The first kappa shape index (κ1) is 21.5. The van der Waals surface area contributed by atoms with Gasteiger partial charge in [0.05, 0.1) is 17.8 Å². The third-order valence-corrected chi connectivity index (χ3v) is 6.15. The lowest BCUT2D eigenvalue weighted by Crippen LogP contribution is -2.35. The maximum absolute atomic E-state index is 11.4. The highest BCUT2D eigenvalue weighted by atomic mass is 79.9. The monoisotopic (exact) mass is 482 g/mol. The Morgan fingerprint density at radius 1 is 1.26 bits per heavy atom. The molecular weight excluding hydrogens is 456 g/mol. The summed E-state index contributed by atoms with van der Waals surface area (Å²) in [4.78, 5) is 27.5. The molecule has 3 aromatic rings. The fourth-order valence-electron chi connectivity index (χ4n) is 4.15. The molecule has 1 aliphatic rings. The molecule has 2 atom stereocenters. The molecule has 2 N–H and O–H groups in total. The topological polar surface area (TPSA) is 83.0 Å². The van der Waals surface area contributed by atoms with Crippen molar-refractivity contribution in [1.29, 1.82) is 0 Å². The van der Waals surface area contributed by atoms with E-state index in [1.54, 1.807) is 6.92 Å². The first-order chi connectivity index (χ1) is 14.8. The van der Waals surface area contributed by atoms with Crippen LogP contribution in [0.15, 0.2) is 34.9 Å². The van der Waals surface area contributed by atoms with E-state index < -0.39 is 0 Å². The summed E-state index contributed by atoms with van der Waals surface area (Å²) in [5.74, 6) is 2.39. The number of halogens is 1. The van der Waals surface area contributed by atoms with Crippen LogP contribution in [0.3, 0.4) is 0 Å². The van der Waals surface area contributed by atoms with Gasteiger partial charge >= 0.3 is 0 Å². The minimum absolute atomic E-state index is 0.00510. The van der Waals surface area contributed by atoms with Crippen LogP contribution in [0.1, 0.15) is 43.3 Å². The van der Waals surface area contributed by atoms with Crippen LogP contribution < -0.4 is 15.5 Å². The van der Waals surface area contributed by atoms with Crippen molar-refractivity contribution < 1.29 is 4.79 Å². The molecule has 7 nitrogen and oxygen atoms in total.